The fraction of sp³-hybridized carbons (Fsp3) is 0.500. The number of aromatic hydroxyl groups is 1. The second kappa shape index (κ2) is 6.74. The van der Waals surface area contributed by atoms with Gasteiger partial charge in [0.05, 0.1) is 0 Å². The van der Waals surface area contributed by atoms with Gasteiger partial charge in [0.2, 0.25) is 0 Å². The van der Waals surface area contributed by atoms with E-state index in [0.29, 0.717) is 11.6 Å². The Hall–Kier alpha value is -0.770. The first-order valence-electron chi connectivity index (χ1n) is 5.44. The van der Waals surface area contributed by atoms with Gasteiger partial charge in [-0.05, 0) is 45.7 Å². The van der Waals surface area contributed by atoms with Crippen LogP contribution in [0.5, 0.6) is 5.75 Å². The summed E-state index contributed by atoms with van der Waals surface area (Å²) in [6.45, 7) is 2.65. The zero-order valence-electron chi connectivity index (χ0n) is 9.83. The minimum absolute atomic E-state index is 0.271. The third-order valence-corrected chi connectivity index (χ3v) is 2.84. The third kappa shape index (κ3) is 4.00. The van der Waals surface area contributed by atoms with Crippen LogP contribution < -0.4 is 5.32 Å². The van der Waals surface area contributed by atoms with Gasteiger partial charge in [-0.2, -0.15) is 0 Å². The van der Waals surface area contributed by atoms with Crippen LogP contribution in [0.4, 0.5) is 0 Å². The van der Waals surface area contributed by atoms with Crippen LogP contribution in [0, 0.1) is 0 Å². The fourth-order valence-corrected chi connectivity index (χ4v) is 1.81. The van der Waals surface area contributed by atoms with Crippen molar-refractivity contribution in [3.05, 3.63) is 28.8 Å². The Morgan fingerprint density at radius 2 is 2.19 bits per heavy atom. The number of rotatable bonds is 6. The molecular formula is C12H19ClN2O. The Morgan fingerprint density at radius 1 is 1.44 bits per heavy atom. The molecule has 90 valence electrons. The predicted octanol–water partition coefficient (Wildman–Crippen LogP) is 2.09. The first-order chi connectivity index (χ1) is 7.65. The molecule has 0 heterocycles. The lowest BCUT2D eigenvalue weighted by Crippen LogP contribution is -2.22. The summed E-state index contributed by atoms with van der Waals surface area (Å²) in [6, 6.07) is 5.23. The standard InChI is InChI=1S/C12H19ClN2O/c1-14-7-4-8-15(2)9-10-11(13)5-3-6-12(10)16/h3,5-6,14,16H,4,7-9H2,1-2H3. The quantitative estimate of drug-likeness (QED) is 0.750. The number of hydrogen-bond donors (Lipinski definition) is 2. The molecule has 0 atom stereocenters. The van der Waals surface area contributed by atoms with Crippen molar-refractivity contribution in [2.45, 2.75) is 13.0 Å². The number of nitrogens with one attached hydrogen (secondary N) is 1. The van der Waals surface area contributed by atoms with Crippen molar-refractivity contribution in [2.75, 3.05) is 27.2 Å². The zero-order chi connectivity index (χ0) is 12.0. The van der Waals surface area contributed by atoms with Gasteiger partial charge in [-0.3, -0.25) is 0 Å². The van der Waals surface area contributed by atoms with Crippen molar-refractivity contribution in [1.82, 2.24) is 10.2 Å². The molecule has 3 nitrogen and oxygen atoms in total. The first kappa shape index (κ1) is 13.3. The van der Waals surface area contributed by atoms with Crippen molar-refractivity contribution < 1.29 is 5.11 Å². The van der Waals surface area contributed by atoms with Crippen LogP contribution in [-0.2, 0) is 6.54 Å². The Bertz CT molecular complexity index is 311. The van der Waals surface area contributed by atoms with Gasteiger partial charge in [0, 0.05) is 17.1 Å². The molecule has 0 aromatic heterocycles. The van der Waals surface area contributed by atoms with Gasteiger partial charge in [0.15, 0.2) is 0 Å². The summed E-state index contributed by atoms with van der Waals surface area (Å²) < 4.78 is 0. The number of phenols is 1. The molecular weight excluding hydrogens is 224 g/mol. The van der Waals surface area contributed by atoms with E-state index in [1.165, 1.54) is 0 Å². The lowest BCUT2D eigenvalue weighted by Gasteiger charge is -2.18. The summed E-state index contributed by atoms with van der Waals surface area (Å²) in [7, 11) is 3.97. The molecule has 0 aliphatic rings. The molecule has 0 aliphatic heterocycles. The summed E-state index contributed by atoms with van der Waals surface area (Å²) in [5, 5.41) is 13.4. The minimum Gasteiger partial charge on any atom is -0.508 e. The lowest BCUT2D eigenvalue weighted by atomic mass is 10.2. The average molecular weight is 243 g/mol. The predicted molar refractivity (Wildman–Crippen MR) is 68.0 cm³/mol. The van der Waals surface area contributed by atoms with E-state index in [0.717, 1.165) is 25.1 Å². The van der Waals surface area contributed by atoms with Crippen LogP contribution in [0.3, 0.4) is 0 Å². The molecule has 2 N–H and O–H groups in total. The molecule has 0 radical (unpaired) electrons. The maximum Gasteiger partial charge on any atom is 0.121 e. The molecule has 0 saturated heterocycles. The largest absolute Gasteiger partial charge is 0.508 e. The number of phenolic OH excluding ortho intramolecular Hbond substituents is 1. The van der Waals surface area contributed by atoms with E-state index in [4.69, 9.17) is 11.6 Å². The summed E-state index contributed by atoms with van der Waals surface area (Å²) in [6.07, 6.45) is 1.08. The van der Waals surface area contributed by atoms with Crippen LogP contribution >= 0.6 is 11.6 Å². The zero-order valence-corrected chi connectivity index (χ0v) is 10.6. The van der Waals surface area contributed by atoms with Gasteiger partial charge in [0.1, 0.15) is 5.75 Å². The Morgan fingerprint density at radius 3 is 2.81 bits per heavy atom. The Balaban J connectivity index is 2.52. The number of nitrogens with zero attached hydrogens (tertiary/aromatic N) is 1. The second-order valence-electron chi connectivity index (χ2n) is 3.93. The van der Waals surface area contributed by atoms with Crippen molar-refractivity contribution in [3.63, 3.8) is 0 Å². The van der Waals surface area contributed by atoms with E-state index in [9.17, 15) is 5.11 Å². The third-order valence-electron chi connectivity index (χ3n) is 2.49. The smallest absolute Gasteiger partial charge is 0.121 e. The normalized spacial score (nSPS) is 11.0. The molecule has 0 spiro atoms. The van der Waals surface area contributed by atoms with E-state index in [2.05, 4.69) is 10.2 Å². The van der Waals surface area contributed by atoms with Gasteiger partial charge >= 0.3 is 0 Å². The van der Waals surface area contributed by atoms with Crippen LogP contribution in [0.2, 0.25) is 5.02 Å². The van der Waals surface area contributed by atoms with Crippen molar-refractivity contribution in [3.8, 4) is 5.75 Å². The second-order valence-corrected chi connectivity index (χ2v) is 4.34. The maximum absolute atomic E-state index is 9.69. The van der Waals surface area contributed by atoms with Crippen LogP contribution in [0.25, 0.3) is 0 Å². The Labute approximate surface area is 102 Å². The van der Waals surface area contributed by atoms with Crippen LogP contribution in [0.1, 0.15) is 12.0 Å². The van der Waals surface area contributed by atoms with E-state index >= 15 is 0 Å². The maximum atomic E-state index is 9.69. The van der Waals surface area contributed by atoms with Crippen molar-refractivity contribution in [2.24, 2.45) is 0 Å². The van der Waals surface area contributed by atoms with Gasteiger partial charge in [0.25, 0.3) is 0 Å². The number of halogens is 1. The summed E-state index contributed by atoms with van der Waals surface area (Å²) in [5.74, 6) is 0.271. The van der Waals surface area contributed by atoms with E-state index in [-0.39, 0.29) is 5.75 Å². The van der Waals surface area contributed by atoms with Crippen LogP contribution in [-0.4, -0.2) is 37.2 Å². The molecule has 0 aliphatic carbocycles. The molecule has 1 aromatic rings. The summed E-state index contributed by atoms with van der Waals surface area (Å²) >= 11 is 6.04. The highest BCUT2D eigenvalue weighted by atomic mass is 35.5. The summed E-state index contributed by atoms with van der Waals surface area (Å²) in [5.41, 5.74) is 0.802. The van der Waals surface area contributed by atoms with E-state index in [1.54, 1.807) is 18.2 Å². The first-order valence-corrected chi connectivity index (χ1v) is 5.82. The molecule has 4 heteroatoms. The Kier molecular flexibility index (Phi) is 5.60. The van der Waals surface area contributed by atoms with Gasteiger partial charge in [-0.1, -0.05) is 17.7 Å². The average Bonchev–Trinajstić information content (AvgIpc) is 2.24. The van der Waals surface area contributed by atoms with Crippen molar-refractivity contribution >= 4 is 11.6 Å². The molecule has 0 unspecified atom stereocenters. The SMILES string of the molecule is CNCCCN(C)Cc1c(O)cccc1Cl. The number of hydrogen-bond acceptors (Lipinski definition) is 3. The fourth-order valence-electron chi connectivity index (χ4n) is 1.58. The van der Waals surface area contributed by atoms with Crippen molar-refractivity contribution in [1.29, 1.82) is 0 Å². The van der Waals surface area contributed by atoms with E-state index < -0.39 is 0 Å². The van der Waals surface area contributed by atoms with E-state index in [1.807, 2.05) is 14.1 Å². The lowest BCUT2D eigenvalue weighted by molar-refractivity contribution is 0.315. The molecule has 0 fully saturated rings. The molecule has 1 aromatic carbocycles. The molecule has 0 bridgehead atoms. The van der Waals surface area contributed by atoms with Gasteiger partial charge < -0.3 is 15.3 Å². The molecule has 16 heavy (non-hydrogen) atoms. The molecule has 0 amide bonds. The molecule has 1 rings (SSSR count). The highest BCUT2D eigenvalue weighted by Crippen LogP contribution is 2.26. The minimum atomic E-state index is 0.271. The highest BCUT2D eigenvalue weighted by Gasteiger charge is 2.08. The van der Waals surface area contributed by atoms with Crippen LogP contribution in [0.15, 0.2) is 18.2 Å². The molecule has 0 saturated carbocycles. The monoisotopic (exact) mass is 242 g/mol. The van der Waals surface area contributed by atoms with Gasteiger partial charge in [-0.25, -0.2) is 0 Å². The highest BCUT2D eigenvalue weighted by molar-refractivity contribution is 6.31. The van der Waals surface area contributed by atoms with Gasteiger partial charge in [-0.15, -0.1) is 0 Å². The topological polar surface area (TPSA) is 35.5 Å². The summed E-state index contributed by atoms with van der Waals surface area (Å²) in [4.78, 5) is 2.15. The number of benzene rings is 1.